The fraction of sp³-hybridized carbons (Fsp3) is 0.739. The summed E-state index contributed by atoms with van der Waals surface area (Å²) in [6, 6.07) is 0.249. The molecular weight excluding hydrogens is 1300 g/mol. The average molecular weight is 1390 g/mol. The van der Waals surface area contributed by atoms with E-state index in [2.05, 4.69) is 64.7 Å². The number of rotatable bonds is 40. The van der Waals surface area contributed by atoms with Gasteiger partial charge in [-0.05, 0) is 12.8 Å². The largest absolute Gasteiger partial charge is 0.756 e. The van der Waals surface area contributed by atoms with E-state index < -0.39 is 108 Å². The van der Waals surface area contributed by atoms with Crippen molar-refractivity contribution >= 4 is 105 Å². The molecule has 8 amide bonds. The van der Waals surface area contributed by atoms with Gasteiger partial charge in [0.05, 0.1) is 76.5 Å². The quantitative estimate of drug-likeness (QED) is 0.0136. The fourth-order valence-corrected chi connectivity index (χ4v) is 14.4. The van der Waals surface area contributed by atoms with Crippen LogP contribution in [0.4, 0.5) is 10.6 Å². The second-order valence-corrected chi connectivity index (χ2v) is 27.3. The monoisotopic (exact) mass is 1390 g/mol. The summed E-state index contributed by atoms with van der Waals surface area (Å²) < 4.78 is 77.7. The third-order valence-electron chi connectivity index (χ3n) is 13.5. The molecule has 6 rings (SSSR count). The number of thioether (sulfide) groups is 2. The van der Waals surface area contributed by atoms with Crippen LogP contribution in [0.2, 0.25) is 0 Å². The van der Waals surface area contributed by atoms with Gasteiger partial charge in [-0.25, -0.2) is 24.1 Å². The summed E-state index contributed by atoms with van der Waals surface area (Å²) in [5, 5.41) is 37.5. The van der Waals surface area contributed by atoms with Crippen molar-refractivity contribution in [2.75, 3.05) is 103 Å². The van der Waals surface area contributed by atoms with Crippen LogP contribution < -0.4 is 70.8 Å². The number of fused-ring (bicyclic) bond motifs is 2. The number of quaternary nitrogens is 3. The molecular formula is C46H84N15O24P3S2. The molecule has 0 spiro atoms. The van der Waals surface area contributed by atoms with Gasteiger partial charge >= 0.3 is 6.03 Å². The van der Waals surface area contributed by atoms with Gasteiger partial charge in [-0.3, -0.25) is 51.9 Å². The van der Waals surface area contributed by atoms with Crippen molar-refractivity contribution in [3.05, 3.63) is 12.7 Å². The number of aliphatic hydroxyl groups is 2. The highest BCUT2D eigenvalue weighted by molar-refractivity contribution is 8.00. The van der Waals surface area contributed by atoms with E-state index >= 15 is 0 Å². The maximum atomic E-state index is 12.9. The minimum Gasteiger partial charge on any atom is -0.756 e. The number of imidazole rings is 1. The highest BCUT2D eigenvalue weighted by Gasteiger charge is 2.49. The molecule has 0 saturated carbocycles. The molecule has 39 nitrogen and oxygen atoms in total. The molecule has 4 aliphatic rings. The van der Waals surface area contributed by atoms with Gasteiger partial charge in [0.25, 0.3) is 23.5 Å². The Morgan fingerprint density at radius 3 is 2.14 bits per heavy atom. The first-order chi connectivity index (χ1) is 41.1. The number of likely N-dealkylation sites (tertiary alicyclic amines) is 1. The third-order valence-corrected chi connectivity index (χ3v) is 19.3. The van der Waals surface area contributed by atoms with Gasteiger partial charge in [-0.15, -0.1) is 11.8 Å². The van der Waals surface area contributed by atoms with Crippen LogP contribution in [0.15, 0.2) is 12.7 Å². The van der Waals surface area contributed by atoms with Gasteiger partial charge in [-0.2, -0.15) is 11.8 Å². The Morgan fingerprint density at radius 1 is 0.856 bits per heavy atom. The van der Waals surface area contributed by atoms with E-state index in [9.17, 15) is 77.0 Å². The van der Waals surface area contributed by atoms with E-state index in [1.54, 1.807) is 0 Å². The number of anilines is 1. The smallest absolute Gasteiger partial charge is 0.315 e. The lowest BCUT2D eigenvalue weighted by Gasteiger charge is -2.35. The lowest BCUT2D eigenvalue weighted by molar-refractivity contribution is -0.247. The first-order valence-electron chi connectivity index (χ1n) is 27.4. The molecule has 514 valence electrons. The predicted octanol–water partition coefficient (Wildman–Crippen LogP) is -3.10. The zero-order chi connectivity index (χ0) is 63.5. The van der Waals surface area contributed by atoms with Crippen molar-refractivity contribution in [1.82, 2.24) is 74.8 Å². The van der Waals surface area contributed by atoms with Gasteiger partial charge in [0.15, 0.2) is 17.7 Å². The van der Waals surface area contributed by atoms with Crippen molar-refractivity contribution < 1.29 is 114 Å². The van der Waals surface area contributed by atoms with Gasteiger partial charge in [-0.1, -0.05) is 20.3 Å². The Labute approximate surface area is 525 Å². The van der Waals surface area contributed by atoms with E-state index in [0.29, 0.717) is 44.6 Å². The minimum absolute atomic E-state index is 0. The fourth-order valence-electron chi connectivity index (χ4n) is 9.06. The molecule has 23 N–H and O–H groups in total. The van der Waals surface area contributed by atoms with E-state index in [1.165, 1.54) is 13.8 Å². The molecule has 0 aliphatic carbocycles. The summed E-state index contributed by atoms with van der Waals surface area (Å²) >= 11 is 2.98. The summed E-state index contributed by atoms with van der Waals surface area (Å²) in [4.78, 5) is 146. The lowest BCUT2D eigenvalue weighted by atomic mass is 9.87. The van der Waals surface area contributed by atoms with Gasteiger partial charge in [0.1, 0.15) is 36.3 Å². The number of nitrogens with one attached hydrogen (secondary N) is 6. The summed E-state index contributed by atoms with van der Waals surface area (Å²) in [5.41, 5.74) is 4.03. The standard InChI is InChI=1S/C46H75N12O24P3S2.3H3N/c1-46(2,24-79-85(73,74)82-84(71,72)78-22-28-38(81-83(68,69)70)37(63)44(80-28)58-26-54-36-40(47)52-25-53-41(36)58)39(64)42(65)51-9-7-32(60)50-12-20-86-30-21-34(62)57(43(30)66)13-8-33(61)49-11-15-76-17-19-77-18-16-75-14-10-48-31(59)6-4-3-5-29-35-27(23-87-29)55-45(67)56-35;;;/h25-30,35,37-39,44,63-64H,3-24H2,1-2H3,(H,48,59)(H,49,61)(H,50,60)(H,51,65)(H,71,72)(H,73,74)(H2,47,52,53)(H2,55,56,67)(H2,68,69,70);3*1H3/t27-,28+,29-,30?,35-,37+,38+,39-,44+;;;/m0.../s1. The van der Waals surface area contributed by atoms with Crippen LogP contribution in [0.1, 0.15) is 65.0 Å². The number of nitrogen functional groups attached to an aromatic ring is 1. The Balaban J connectivity index is 0.00000705. The van der Waals surface area contributed by atoms with Crippen LogP contribution in [0, 0.1) is 5.41 Å². The number of carbonyl (C=O) groups excluding carboxylic acids is 7. The molecule has 4 fully saturated rings. The number of phosphoric ester groups is 3. The molecule has 90 heavy (non-hydrogen) atoms. The second-order valence-electron chi connectivity index (χ2n) is 20.6. The molecule has 4 aliphatic heterocycles. The van der Waals surface area contributed by atoms with Crippen molar-refractivity contribution in [1.29, 1.82) is 0 Å². The van der Waals surface area contributed by atoms with Crippen LogP contribution in [0.5, 0.6) is 0 Å². The normalized spacial score (nSPS) is 23.6. The number of unbranched alkanes of at least 4 members (excludes halogenated alkanes) is 1. The van der Waals surface area contributed by atoms with E-state index in [-0.39, 0.29) is 124 Å². The number of hydrogen-bond donors (Lipinski definition) is 13. The van der Waals surface area contributed by atoms with Crippen molar-refractivity contribution in [3.8, 4) is 0 Å². The Kier molecular flexibility index (Phi) is 33.0. The van der Waals surface area contributed by atoms with E-state index in [0.717, 1.165) is 58.9 Å². The molecule has 0 aromatic carbocycles. The number of hydrogen-bond acceptors (Lipinski definition) is 29. The molecule has 2 aromatic heterocycles. The maximum absolute atomic E-state index is 12.9. The molecule has 6 heterocycles. The number of nitrogens with zero attached hydrogens (tertiary/aromatic N) is 5. The number of phosphoric acid groups is 3. The Bertz CT molecular complexity index is 2850. The lowest BCUT2D eigenvalue weighted by Crippen LogP contribution is -2.46. The summed E-state index contributed by atoms with van der Waals surface area (Å²) in [5.74, 6) is -1.92. The number of urea groups is 1. The van der Waals surface area contributed by atoms with Gasteiger partial charge < -0.3 is 118 Å². The van der Waals surface area contributed by atoms with Crippen LogP contribution in [-0.2, 0) is 79.3 Å². The third kappa shape index (κ3) is 25.0. The summed E-state index contributed by atoms with van der Waals surface area (Å²) in [6.45, 7) is 2.00. The average Bonchev–Trinajstić information content (AvgIpc) is 1.76. The molecule has 0 bridgehead atoms. The topological polar surface area (TPSA) is 629 Å². The van der Waals surface area contributed by atoms with E-state index in [1.807, 2.05) is 11.8 Å². The van der Waals surface area contributed by atoms with Gasteiger partial charge in [0.2, 0.25) is 35.4 Å². The second kappa shape index (κ2) is 37.3. The van der Waals surface area contributed by atoms with E-state index in [4.69, 9.17) is 24.7 Å². The van der Waals surface area contributed by atoms with Crippen LogP contribution in [0.25, 0.3) is 11.2 Å². The summed E-state index contributed by atoms with van der Waals surface area (Å²) in [7, 11) is -17.5. The number of ether oxygens (including phenoxy) is 4. The zero-order valence-electron chi connectivity index (χ0n) is 50.3. The molecule has 44 heteroatoms. The van der Waals surface area contributed by atoms with Crippen LogP contribution in [0.3, 0.4) is 0 Å². The van der Waals surface area contributed by atoms with Crippen LogP contribution in [-0.4, -0.2) is 225 Å². The number of carbonyl (C=O) groups is 7. The maximum Gasteiger partial charge on any atom is 0.315 e. The minimum atomic E-state index is -5.96. The SMILES string of the molecule is CC(C)(COP(=O)([O-])OP(=O)([O-])OC[C@H]1O[C@@H](n2cnc3c(N)ncnc32)[C@H](O)[C@@H]1OP(=O)([O-])O)[C@@H](O)C(=O)NCCC(=O)NCCSC1CC(=O)N(CCC(=O)NCCOCCOCCOCCNC(=O)CCCC[C@@H]2SC[C@@H]3NC(=O)N[C@@H]32)C1=O.[NH4+].[NH4+].[NH4+]. The molecule has 4 saturated heterocycles. The summed E-state index contributed by atoms with van der Waals surface area (Å²) in [6.07, 6.45) is -4.86. The first-order valence-corrected chi connectivity index (χ1v) is 33.9. The molecule has 4 unspecified atom stereocenters. The van der Waals surface area contributed by atoms with Gasteiger partial charge in [0, 0.05) is 80.6 Å². The molecule has 12 atom stereocenters. The highest BCUT2D eigenvalue weighted by Crippen LogP contribution is 2.56. The Morgan fingerprint density at radius 2 is 1.48 bits per heavy atom. The number of aliphatic hydroxyl groups excluding tert-OH is 2. The number of imide groups is 1. The first kappa shape index (κ1) is 79.6. The predicted molar refractivity (Wildman–Crippen MR) is 316 cm³/mol. The Hall–Kier alpha value is -4.65. The van der Waals surface area contributed by atoms with Crippen molar-refractivity contribution in [3.63, 3.8) is 0 Å². The van der Waals surface area contributed by atoms with Crippen LogP contribution >= 0.6 is 47.0 Å². The number of aromatic nitrogens is 4. The van der Waals surface area contributed by atoms with Crippen molar-refractivity contribution in [2.45, 2.75) is 112 Å². The van der Waals surface area contributed by atoms with Crippen molar-refractivity contribution in [2.24, 2.45) is 5.41 Å². The number of nitrogens with two attached hydrogens (primary N) is 1. The molecule has 0 radical (unpaired) electrons. The molecule has 2 aromatic rings. The number of amides is 8. The zero-order valence-corrected chi connectivity index (χ0v) is 54.6. The highest BCUT2D eigenvalue weighted by atomic mass is 32.2.